The summed E-state index contributed by atoms with van der Waals surface area (Å²) in [7, 11) is 3.48. The molecule has 0 aromatic carbocycles. The van der Waals surface area contributed by atoms with Crippen molar-refractivity contribution in [2.75, 3.05) is 12.4 Å². The molecule has 0 amide bonds. The molecule has 5 nitrogen and oxygen atoms in total. The molecule has 0 aliphatic carbocycles. The Kier molecular flexibility index (Phi) is 2.53. The second-order valence-electron chi connectivity index (χ2n) is 3.11. The summed E-state index contributed by atoms with van der Waals surface area (Å²) in [4.78, 5) is 4.18. The third kappa shape index (κ3) is 2.25. The number of hydrogen-bond acceptors (Lipinski definition) is 4. The number of nitrogens with one attached hydrogen (secondary N) is 1. The van der Waals surface area contributed by atoms with Crippen LogP contribution in [-0.2, 0) is 7.05 Å². The van der Waals surface area contributed by atoms with Gasteiger partial charge in [-0.3, -0.25) is 4.68 Å². The lowest BCUT2D eigenvalue weighted by Gasteiger charge is -2.03. The minimum atomic E-state index is 0.742. The van der Waals surface area contributed by atoms with Crippen LogP contribution in [0.25, 0.3) is 0 Å². The molecule has 0 atom stereocenters. The summed E-state index contributed by atoms with van der Waals surface area (Å²) in [6, 6.07) is 3.71. The van der Waals surface area contributed by atoms with Gasteiger partial charge in [0.2, 0.25) is 0 Å². The molecule has 0 fully saturated rings. The van der Waals surface area contributed by atoms with Crippen LogP contribution in [0.5, 0.6) is 5.75 Å². The zero-order valence-electron chi connectivity index (χ0n) is 8.64. The van der Waals surface area contributed by atoms with E-state index in [2.05, 4.69) is 15.4 Å². The van der Waals surface area contributed by atoms with Gasteiger partial charge in [0.15, 0.2) is 0 Å². The Morgan fingerprint density at radius 1 is 1.33 bits per heavy atom. The van der Waals surface area contributed by atoms with E-state index < -0.39 is 0 Å². The molecule has 0 unspecified atom stereocenters. The number of nitrogens with zero attached hydrogens (tertiary/aromatic N) is 3. The molecule has 15 heavy (non-hydrogen) atoms. The molecule has 1 N–H and O–H groups in total. The third-order valence-corrected chi connectivity index (χ3v) is 1.95. The van der Waals surface area contributed by atoms with Crippen LogP contribution < -0.4 is 10.1 Å². The van der Waals surface area contributed by atoms with Gasteiger partial charge in [0.05, 0.1) is 25.2 Å². The monoisotopic (exact) mass is 204 g/mol. The molecular formula is C10H12N4O. The van der Waals surface area contributed by atoms with Crippen molar-refractivity contribution in [3.8, 4) is 5.75 Å². The van der Waals surface area contributed by atoms with E-state index in [9.17, 15) is 0 Å². The van der Waals surface area contributed by atoms with Crippen LogP contribution in [0.3, 0.4) is 0 Å². The van der Waals surface area contributed by atoms with Gasteiger partial charge in [-0.25, -0.2) is 4.98 Å². The van der Waals surface area contributed by atoms with Crippen LogP contribution in [0.1, 0.15) is 0 Å². The zero-order valence-corrected chi connectivity index (χ0v) is 8.64. The quantitative estimate of drug-likeness (QED) is 0.824. The molecule has 2 heterocycles. The standard InChI is InChI=1S/C10H12N4O/c1-14-7-8(5-12-14)13-10-4-3-9(15-2)6-11-10/h3-7H,1-2H3,(H,11,13). The summed E-state index contributed by atoms with van der Waals surface area (Å²) in [5, 5.41) is 7.17. The van der Waals surface area contributed by atoms with Crippen LogP contribution in [0.15, 0.2) is 30.7 Å². The lowest BCUT2D eigenvalue weighted by Crippen LogP contribution is -1.92. The Morgan fingerprint density at radius 3 is 2.73 bits per heavy atom. The second kappa shape index (κ2) is 4.00. The molecule has 2 aromatic heterocycles. The number of aryl methyl sites for hydroxylation is 1. The number of methoxy groups -OCH3 is 1. The van der Waals surface area contributed by atoms with Crippen molar-refractivity contribution >= 4 is 11.5 Å². The summed E-state index contributed by atoms with van der Waals surface area (Å²) in [6.07, 6.45) is 5.29. The first-order valence-electron chi connectivity index (χ1n) is 4.53. The Hall–Kier alpha value is -2.04. The fourth-order valence-corrected chi connectivity index (χ4v) is 1.21. The van der Waals surface area contributed by atoms with Gasteiger partial charge in [0.1, 0.15) is 11.6 Å². The van der Waals surface area contributed by atoms with Gasteiger partial charge in [0.25, 0.3) is 0 Å². The van der Waals surface area contributed by atoms with Crippen LogP contribution in [0.2, 0.25) is 0 Å². The van der Waals surface area contributed by atoms with Crippen molar-refractivity contribution in [1.82, 2.24) is 14.8 Å². The number of ether oxygens (including phenoxy) is 1. The molecule has 2 aromatic rings. The van der Waals surface area contributed by atoms with Crippen LogP contribution in [0, 0.1) is 0 Å². The number of pyridine rings is 1. The molecule has 2 rings (SSSR count). The van der Waals surface area contributed by atoms with E-state index in [1.165, 1.54) is 0 Å². The molecule has 0 bridgehead atoms. The highest BCUT2D eigenvalue weighted by molar-refractivity contribution is 5.54. The molecule has 5 heteroatoms. The molecular weight excluding hydrogens is 192 g/mol. The van der Waals surface area contributed by atoms with Crippen LogP contribution in [0.4, 0.5) is 11.5 Å². The number of rotatable bonds is 3. The van der Waals surface area contributed by atoms with Crippen molar-refractivity contribution in [3.63, 3.8) is 0 Å². The number of hydrogen-bond donors (Lipinski definition) is 1. The maximum Gasteiger partial charge on any atom is 0.137 e. The van der Waals surface area contributed by atoms with Crippen LogP contribution in [-0.4, -0.2) is 21.9 Å². The Labute approximate surface area is 87.7 Å². The normalized spacial score (nSPS) is 10.0. The third-order valence-electron chi connectivity index (χ3n) is 1.95. The van der Waals surface area contributed by atoms with E-state index >= 15 is 0 Å². The molecule has 0 aliphatic rings. The predicted octanol–water partition coefficient (Wildman–Crippen LogP) is 1.57. The summed E-state index contributed by atoms with van der Waals surface area (Å²) >= 11 is 0. The van der Waals surface area contributed by atoms with E-state index in [0.717, 1.165) is 17.3 Å². The van der Waals surface area contributed by atoms with Gasteiger partial charge in [-0.1, -0.05) is 0 Å². The van der Waals surface area contributed by atoms with E-state index in [0.29, 0.717) is 0 Å². The average Bonchev–Trinajstić information content (AvgIpc) is 2.65. The molecule has 0 radical (unpaired) electrons. The highest BCUT2D eigenvalue weighted by atomic mass is 16.5. The minimum absolute atomic E-state index is 0.742. The van der Waals surface area contributed by atoms with Crippen molar-refractivity contribution < 1.29 is 4.74 Å². The minimum Gasteiger partial charge on any atom is -0.495 e. The smallest absolute Gasteiger partial charge is 0.137 e. The van der Waals surface area contributed by atoms with Gasteiger partial charge in [0, 0.05) is 13.2 Å². The van der Waals surface area contributed by atoms with Crippen molar-refractivity contribution in [2.24, 2.45) is 7.05 Å². The maximum absolute atomic E-state index is 5.02. The molecule has 0 saturated heterocycles. The Balaban J connectivity index is 2.11. The van der Waals surface area contributed by atoms with Gasteiger partial charge < -0.3 is 10.1 Å². The van der Waals surface area contributed by atoms with Gasteiger partial charge >= 0.3 is 0 Å². The summed E-state index contributed by atoms with van der Waals surface area (Å²) in [5.41, 5.74) is 0.912. The van der Waals surface area contributed by atoms with Crippen LogP contribution >= 0.6 is 0 Å². The number of anilines is 2. The van der Waals surface area contributed by atoms with E-state index in [1.807, 2.05) is 25.4 Å². The Bertz CT molecular complexity index is 435. The topological polar surface area (TPSA) is 52.0 Å². The van der Waals surface area contributed by atoms with E-state index in [-0.39, 0.29) is 0 Å². The average molecular weight is 204 g/mol. The first-order valence-corrected chi connectivity index (χ1v) is 4.53. The van der Waals surface area contributed by atoms with Gasteiger partial charge in [-0.15, -0.1) is 0 Å². The highest BCUT2D eigenvalue weighted by Crippen LogP contribution is 2.15. The first kappa shape index (κ1) is 9.51. The molecule has 0 saturated carbocycles. The first-order chi connectivity index (χ1) is 7.28. The van der Waals surface area contributed by atoms with Gasteiger partial charge in [-0.05, 0) is 12.1 Å². The fraction of sp³-hybridized carbons (Fsp3) is 0.200. The highest BCUT2D eigenvalue weighted by Gasteiger charge is 1.98. The fourth-order valence-electron chi connectivity index (χ4n) is 1.21. The Morgan fingerprint density at radius 2 is 2.20 bits per heavy atom. The van der Waals surface area contributed by atoms with Gasteiger partial charge in [-0.2, -0.15) is 5.10 Å². The summed E-state index contributed by atoms with van der Waals surface area (Å²) in [6.45, 7) is 0. The van der Waals surface area contributed by atoms with E-state index in [4.69, 9.17) is 4.74 Å². The number of aromatic nitrogens is 3. The lowest BCUT2D eigenvalue weighted by atomic mass is 10.4. The molecule has 0 spiro atoms. The largest absolute Gasteiger partial charge is 0.495 e. The molecule has 0 aliphatic heterocycles. The SMILES string of the molecule is COc1ccc(Nc2cnn(C)c2)nc1. The molecule has 78 valence electrons. The van der Waals surface area contributed by atoms with Crippen molar-refractivity contribution in [1.29, 1.82) is 0 Å². The maximum atomic E-state index is 5.02. The lowest BCUT2D eigenvalue weighted by molar-refractivity contribution is 0.413. The van der Waals surface area contributed by atoms with Crippen molar-refractivity contribution in [3.05, 3.63) is 30.7 Å². The summed E-state index contributed by atoms with van der Waals surface area (Å²) < 4.78 is 6.74. The van der Waals surface area contributed by atoms with Crippen molar-refractivity contribution in [2.45, 2.75) is 0 Å². The summed E-state index contributed by atoms with van der Waals surface area (Å²) in [5.74, 6) is 1.51. The van der Waals surface area contributed by atoms with E-state index in [1.54, 1.807) is 24.2 Å². The zero-order chi connectivity index (χ0) is 10.7. The second-order valence-corrected chi connectivity index (χ2v) is 3.11. The predicted molar refractivity (Wildman–Crippen MR) is 57.3 cm³/mol.